The largest absolute Gasteiger partial charge is 0.398 e. The highest BCUT2D eigenvalue weighted by Crippen LogP contribution is 2.19. The molecule has 0 fully saturated rings. The van der Waals surface area contributed by atoms with E-state index >= 15 is 0 Å². The van der Waals surface area contributed by atoms with Crippen LogP contribution in [0.4, 0.5) is 10.1 Å². The zero-order chi connectivity index (χ0) is 9.84. The lowest BCUT2D eigenvalue weighted by Crippen LogP contribution is -1.93. The maximum Gasteiger partial charge on any atom is 0.125 e. The van der Waals surface area contributed by atoms with Gasteiger partial charge in [-0.1, -0.05) is 28.1 Å². The van der Waals surface area contributed by atoms with E-state index in [-0.39, 0.29) is 5.82 Å². The van der Waals surface area contributed by atoms with E-state index in [1.807, 2.05) is 19.1 Å². The minimum Gasteiger partial charge on any atom is -0.398 e. The minimum absolute atomic E-state index is 0.294. The second-order valence-electron chi connectivity index (χ2n) is 2.77. The predicted molar refractivity (Wildman–Crippen MR) is 58.4 cm³/mol. The Hall–Kier alpha value is -0.830. The fourth-order valence-electron chi connectivity index (χ4n) is 1.07. The van der Waals surface area contributed by atoms with Crippen molar-refractivity contribution < 1.29 is 4.39 Å². The van der Waals surface area contributed by atoms with Crippen LogP contribution >= 0.6 is 15.9 Å². The molecule has 0 aromatic heterocycles. The van der Waals surface area contributed by atoms with Crippen molar-refractivity contribution in [3.05, 3.63) is 35.2 Å². The third kappa shape index (κ3) is 2.56. The Morgan fingerprint density at radius 3 is 2.85 bits per heavy atom. The summed E-state index contributed by atoms with van der Waals surface area (Å²) >= 11 is 3.26. The number of nitrogens with two attached hydrogens (primary N) is 1. The molecular formula is C10H11BrFN. The first kappa shape index (κ1) is 10.3. The van der Waals surface area contributed by atoms with Crippen LogP contribution < -0.4 is 5.73 Å². The van der Waals surface area contributed by atoms with Crippen molar-refractivity contribution in [1.82, 2.24) is 0 Å². The van der Waals surface area contributed by atoms with Crippen molar-refractivity contribution in [3.63, 3.8) is 0 Å². The molecule has 0 aliphatic heterocycles. The molecule has 0 amide bonds. The molecule has 0 radical (unpaired) electrons. The van der Waals surface area contributed by atoms with Crippen molar-refractivity contribution in [3.8, 4) is 0 Å². The van der Waals surface area contributed by atoms with Gasteiger partial charge in [0.05, 0.1) is 0 Å². The third-order valence-corrected chi connectivity index (χ3v) is 2.21. The van der Waals surface area contributed by atoms with Crippen molar-refractivity contribution in [2.75, 3.05) is 11.1 Å². The van der Waals surface area contributed by atoms with Crippen molar-refractivity contribution in [2.45, 2.75) is 6.92 Å². The fraction of sp³-hybridized carbons (Fsp3) is 0.200. The summed E-state index contributed by atoms with van der Waals surface area (Å²) < 4.78 is 12.9. The van der Waals surface area contributed by atoms with Crippen LogP contribution in [0.3, 0.4) is 0 Å². The molecule has 2 N–H and O–H groups in total. The minimum atomic E-state index is -0.294. The summed E-state index contributed by atoms with van der Waals surface area (Å²) in [4.78, 5) is 0. The zero-order valence-electron chi connectivity index (χ0n) is 7.35. The van der Waals surface area contributed by atoms with Crippen LogP contribution in [0.1, 0.15) is 11.1 Å². The third-order valence-electron chi connectivity index (χ3n) is 1.84. The average Bonchev–Trinajstić information content (AvgIpc) is 2.09. The van der Waals surface area contributed by atoms with Crippen LogP contribution in [-0.2, 0) is 0 Å². The molecule has 1 aromatic rings. The Morgan fingerprint density at radius 2 is 2.23 bits per heavy atom. The summed E-state index contributed by atoms with van der Waals surface area (Å²) in [6.07, 6.45) is 3.75. The lowest BCUT2D eigenvalue weighted by molar-refractivity contribution is 0.628. The summed E-state index contributed by atoms with van der Waals surface area (Å²) in [5.41, 5.74) is 7.85. The maximum absolute atomic E-state index is 12.9. The normalized spacial score (nSPS) is 11.0. The second kappa shape index (κ2) is 4.42. The van der Waals surface area contributed by atoms with E-state index in [4.69, 9.17) is 5.73 Å². The van der Waals surface area contributed by atoms with Gasteiger partial charge in [0, 0.05) is 11.0 Å². The lowest BCUT2D eigenvalue weighted by atomic mass is 10.1. The van der Waals surface area contributed by atoms with Crippen LogP contribution in [0, 0.1) is 12.7 Å². The molecule has 0 bridgehead atoms. The number of benzene rings is 1. The van der Waals surface area contributed by atoms with Crippen LogP contribution in [0.2, 0.25) is 0 Å². The van der Waals surface area contributed by atoms with Crippen molar-refractivity contribution in [2.24, 2.45) is 0 Å². The van der Waals surface area contributed by atoms with Crippen molar-refractivity contribution in [1.29, 1.82) is 0 Å². The van der Waals surface area contributed by atoms with Crippen LogP contribution in [0.25, 0.3) is 6.08 Å². The quantitative estimate of drug-likeness (QED) is 0.627. The van der Waals surface area contributed by atoms with Gasteiger partial charge in [-0.15, -0.1) is 0 Å². The lowest BCUT2D eigenvalue weighted by Gasteiger charge is -2.04. The van der Waals surface area contributed by atoms with Gasteiger partial charge in [-0.3, -0.25) is 0 Å². The molecule has 70 valence electrons. The van der Waals surface area contributed by atoms with E-state index in [0.29, 0.717) is 5.69 Å². The average molecular weight is 244 g/mol. The van der Waals surface area contributed by atoms with Gasteiger partial charge in [0.15, 0.2) is 0 Å². The molecule has 0 aliphatic rings. The predicted octanol–water partition coefficient (Wildman–Crippen LogP) is 3.12. The zero-order valence-corrected chi connectivity index (χ0v) is 8.94. The number of hydrogen-bond acceptors (Lipinski definition) is 1. The monoisotopic (exact) mass is 243 g/mol. The highest BCUT2D eigenvalue weighted by molar-refractivity contribution is 9.09. The number of rotatable bonds is 2. The number of hydrogen-bond donors (Lipinski definition) is 1. The summed E-state index contributed by atoms with van der Waals surface area (Å²) in [6, 6.07) is 2.81. The smallest absolute Gasteiger partial charge is 0.125 e. The molecule has 0 aliphatic carbocycles. The van der Waals surface area contributed by atoms with Gasteiger partial charge in [0.2, 0.25) is 0 Å². The summed E-state index contributed by atoms with van der Waals surface area (Å²) in [5, 5.41) is 0.753. The van der Waals surface area contributed by atoms with Gasteiger partial charge in [-0.05, 0) is 30.2 Å². The summed E-state index contributed by atoms with van der Waals surface area (Å²) in [6.45, 7) is 1.88. The number of alkyl halides is 1. The van der Waals surface area contributed by atoms with Crippen molar-refractivity contribution >= 4 is 27.7 Å². The number of anilines is 1. The Morgan fingerprint density at radius 1 is 1.54 bits per heavy atom. The van der Waals surface area contributed by atoms with Crippen LogP contribution in [0.15, 0.2) is 18.2 Å². The topological polar surface area (TPSA) is 26.0 Å². The van der Waals surface area contributed by atoms with Gasteiger partial charge in [0.25, 0.3) is 0 Å². The molecule has 0 heterocycles. The summed E-state index contributed by atoms with van der Waals surface area (Å²) in [7, 11) is 0. The molecule has 1 rings (SSSR count). The number of halogens is 2. The molecule has 1 aromatic carbocycles. The molecular weight excluding hydrogens is 233 g/mol. The second-order valence-corrected chi connectivity index (χ2v) is 3.41. The van der Waals surface area contributed by atoms with E-state index in [1.165, 1.54) is 12.1 Å². The molecule has 0 saturated heterocycles. The summed E-state index contributed by atoms with van der Waals surface area (Å²) in [5.74, 6) is -0.294. The van der Waals surface area contributed by atoms with Gasteiger partial charge in [0.1, 0.15) is 5.82 Å². The number of nitrogen functional groups attached to an aromatic ring is 1. The van der Waals surface area contributed by atoms with E-state index < -0.39 is 0 Å². The molecule has 0 saturated carbocycles. The highest BCUT2D eigenvalue weighted by Gasteiger charge is 2.01. The molecule has 13 heavy (non-hydrogen) atoms. The van der Waals surface area contributed by atoms with Gasteiger partial charge in [-0.2, -0.15) is 0 Å². The first-order valence-corrected chi connectivity index (χ1v) is 5.05. The highest BCUT2D eigenvalue weighted by atomic mass is 79.9. The SMILES string of the molecule is Cc1c(N)cc(F)cc1C=CCBr. The maximum atomic E-state index is 12.9. The van der Waals surface area contributed by atoms with E-state index in [2.05, 4.69) is 15.9 Å². The number of allylic oxidation sites excluding steroid dienone is 1. The first-order valence-electron chi connectivity index (χ1n) is 3.93. The van der Waals surface area contributed by atoms with E-state index in [0.717, 1.165) is 16.5 Å². The molecule has 0 atom stereocenters. The Kier molecular flexibility index (Phi) is 3.48. The molecule has 0 spiro atoms. The van der Waals surface area contributed by atoms with Gasteiger partial charge < -0.3 is 5.73 Å². The first-order chi connectivity index (χ1) is 6.15. The standard InChI is InChI=1S/C10H11BrFN/c1-7-8(3-2-4-11)5-9(12)6-10(7)13/h2-3,5-6H,4,13H2,1H3. The van der Waals surface area contributed by atoms with E-state index in [1.54, 1.807) is 0 Å². The van der Waals surface area contributed by atoms with Crippen LogP contribution in [-0.4, -0.2) is 5.33 Å². The Labute approximate surface area is 85.6 Å². The molecule has 3 heteroatoms. The molecule has 0 unspecified atom stereocenters. The van der Waals surface area contributed by atoms with Gasteiger partial charge in [-0.25, -0.2) is 4.39 Å². The van der Waals surface area contributed by atoms with Crippen LogP contribution in [0.5, 0.6) is 0 Å². The Bertz CT molecular complexity index is 334. The van der Waals surface area contributed by atoms with E-state index in [9.17, 15) is 4.39 Å². The van der Waals surface area contributed by atoms with Gasteiger partial charge >= 0.3 is 0 Å². The Balaban J connectivity index is 3.12. The molecule has 1 nitrogen and oxygen atoms in total. The fourth-order valence-corrected chi connectivity index (χ4v) is 1.25.